The second-order valence-corrected chi connectivity index (χ2v) is 5.33. The lowest BCUT2D eigenvalue weighted by atomic mass is 10.1. The number of pyridine rings is 1. The van der Waals surface area contributed by atoms with Gasteiger partial charge >= 0.3 is 0 Å². The number of fused-ring (bicyclic) bond motifs is 1. The monoisotopic (exact) mass is 311 g/mol. The molecule has 2 aromatic carbocycles. The second-order valence-electron chi connectivity index (χ2n) is 5.33. The molecule has 4 aromatic rings. The molecule has 0 saturated heterocycles. The molecule has 2 aromatic heterocycles. The fourth-order valence-electron chi connectivity index (χ4n) is 2.58. The van der Waals surface area contributed by atoms with E-state index in [-0.39, 0.29) is 11.6 Å². The molecule has 4 nitrogen and oxygen atoms in total. The molecule has 24 heavy (non-hydrogen) atoms. The Morgan fingerprint density at radius 2 is 1.46 bits per heavy atom. The summed E-state index contributed by atoms with van der Waals surface area (Å²) in [6.45, 7) is 0. The summed E-state index contributed by atoms with van der Waals surface area (Å²) >= 11 is 0. The fourth-order valence-corrected chi connectivity index (χ4v) is 2.58. The van der Waals surface area contributed by atoms with Crippen LogP contribution < -0.4 is 0 Å². The first-order chi connectivity index (χ1) is 11.8. The summed E-state index contributed by atoms with van der Waals surface area (Å²) < 4.78 is 0. The van der Waals surface area contributed by atoms with Crippen LogP contribution in [-0.4, -0.2) is 20.7 Å². The van der Waals surface area contributed by atoms with Crippen LogP contribution in [0.5, 0.6) is 0 Å². The quantitative estimate of drug-likeness (QED) is 0.538. The summed E-state index contributed by atoms with van der Waals surface area (Å²) in [5.74, 6) is -0.0147. The van der Waals surface area contributed by atoms with Gasteiger partial charge in [0.1, 0.15) is 11.2 Å². The Bertz CT molecular complexity index is 1010. The number of hydrogen-bond acceptors (Lipinski definition) is 4. The van der Waals surface area contributed by atoms with Crippen molar-refractivity contribution < 1.29 is 4.79 Å². The molecule has 0 aliphatic carbocycles. The van der Waals surface area contributed by atoms with Gasteiger partial charge in [-0.2, -0.15) is 0 Å². The molecule has 0 fully saturated rings. The standard InChI is InChI=1S/C20H13N3O/c24-19(15-10-5-2-6-11-15)20-22-16-12-7-13-21-18(16)17(23-20)14-8-3-1-4-9-14/h1-13H. The van der Waals surface area contributed by atoms with Gasteiger partial charge in [0, 0.05) is 17.3 Å². The number of hydrogen-bond donors (Lipinski definition) is 0. The third-order valence-electron chi connectivity index (χ3n) is 3.74. The lowest BCUT2D eigenvalue weighted by molar-refractivity contribution is 0.103. The molecule has 0 amide bonds. The molecule has 0 atom stereocenters. The zero-order valence-corrected chi connectivity index (χ0v) is 12.8. The van der Waals surface area contributed by atoms with Crippen LogP contribution in [0.1, 0.15) is 16.2 Å². The predicted molar refractivity (Wildman–Crippen MR) is 92.6 cm³/mol. The van der Waals surface area contributed by atoms with Gasteiger partial charge in [0.2, 0.25) is 11.6 Å². The number of carbonyl (C=O) groups is 1. The van der Waals surface area contributed by atoms with Gasteiger partial charge in [-0.3, -0.25) is 9.78 Å². The van der Waals surface area contributed by atoms with Crippen molar-refractivity contribution in [3.63, 3.8) is 0 Å². The highest BCUT2D eigenvalue weighted by Crippen LogP contribution is 2.24. The zero-order valence-electron chi connectivity index (χ0n) is 12.8. The van der Waals surface area contributed by atoms with E-state index in [2.05, 4.69) is 15.0 Å². The van der Waals surface area contributed by atoms with Gasteiger partial charge in [-0.25, -0.2) is 9.97 Å². The Morgan fingerprint density at radius 3 is 2.21 bits per heavy atom. The number of benzene rings is 2. The summed E-state index contributed by atoms with van der Waals surface area (Å²) in [6, 6.07) is 22.4. The van der Waals surface area contributed by atoms with E-state index in [1.807, 2.05) is 54.6 Å². The molecular weight excluding hydrogens is 298 g/mol. The highest BCUT2D eigenvalue weighted by atomic mass is 16.1. The third-order valence-corrected chi connectivity index (χ3v) is 3.74. The SMILES string of the molecule is O=C(c1ccccc1)c1nc(-c2ccccc2)c2ncccc2n1. The maximum absolute atomic E-state index is 12.7. The van der Waals surface area contributed by atoms with Gasteiger partial charge in [-0.05, 0) is 12.1 Å². The number of rotatable bonds is 3. The minimum atomic E-state index is -0.196. The Balaban J connectivity index is 1.94. The van der Waals surface area contributed by atoms with E-state index in [1.54, 1.807) is 24.4 Å². The predicted octanol–water partition coefficient (Wildman–Crippen LogP) is 3.92. The van der Waals surface area contributed by atoms with E-state index in [9.17, 15) is 4.79 Å². The molecule has 0 spiro atoms. The molecule has 4 heteroatoms. The highest BCUT2D eigenvalue weighted by Gasteiger charge is 2.17. The van der Waals surface area contributed by atoms with Crippen LogP contribution in [0.3, 0.4) is 0 Å². The van der Waals surface area contributed by atoms with Gasteiger partial charge < -0.3 is 0 Å². The number of carbonyl (C=O) groups excluding carboxylic acids is 1. The van der Waals surface area contributed by atoms with E-state index in [0.717, 1.165) is 5.56 Å². The third kappa shape index (κ3) is 2.54. The van der Waals surface area contributed by atoms with Crippen LogP contribution in [0, 0.1) is 0 Å². The Kier molecular flexibility index (Phi) is 3.56. The molecule has 0 saturated carbocycles. The van der Waals surface area contributed by atoms with E-state index in [1.165, 1.54) is 0 Å². The number of aromatic nitrogens is 3. The molecule has 0 N–H and O–H groups in total. The number of ketones is 1. The average Bonchev–Trinajstić information content (AvgIpc) is 2.68. The zero-order chi connectivity index (χ0) is 16.4. The molecule has 0 bridgehead atoms. The lowest BCUT2D eigenvalue weighted by Crippen LogP contribution is -2.08. The first kappa shape index (κ1) is 14.2. The Morgan fingerprint density at radius 1 is 0.750 bits per heavy atom. The largest absolute Gasteiger partial charge is 0.285 e. The smallest absolute Gasteiger partial charge is 0.230 e. The molecule has 114 valence electrons. The van der Waals surface area contributed by atoms with Crippen molar-refractivity contribution in [1.82, 2.24) is 15.0 Å². The highest BCUT2D eigenvalue weighted by molar-refractivity contribution is 6.08. The van der Waals surface area contributed by atoms with Crippen LogP contribution >= 0.6 is 0 Å². The molecular formula is C20H13N3O. The Labute approximate surface area is 138 Å². The normalized spacial score (nSPS) is 10.7. The van der Waals surface area contributed by atoms with Crippen molar-refractivity contribution in [3.8, 4) is 11.3 Å². The van der Waals surface area contributed by atoms with E-state index < -0.39 is 0 Å². The van der Waals surface area contributed by atoms with Gasteiger partial charge in [0.15, 0.2) is 0 Å². The van der Waals surface area contributed by atoms with Crippen LogP contribution in [0.4, 0.5) is 0 Å². The van der Waals surface area contributed by atoms with E-state index in [4.69, 9.17) is 0 Å². The average molecular weight is 311 g/mol. The van der Waals surface area contributed by atoms with Crippen molar-refractivity contribution >= 4 is 16.8 Å². The van der Waals surface area contributed by atoms with E-state index >= 15 is 0 Å². The lowest BCUT2D eigenvalue weighted by Gasteiger charge is -2.07. The summed E-state index contributed by atoms with van der Waals surface area (Å²) in [5, 5.41) is 0. The first-order valence-corrected chi connectivity index (χ1v) is 7.61. The van der Waals surface area contributed by atoms with E-state index in [0.29, 0.717) is 22.3 Å². The summed E-state index contributed by atoms with van der Waals surface area (Å²) in [7, 11) is 0. The van der Waals surface area contributed by atoms with Gasteiger partial charge in [0.05, 0.1) is 5.52 Å². The van der Waals surface area contributed by atoms with Crippen molar-refractivity contribution in [3.05, 3.63) is 90.4 Å². The second kappa shape index (κ2) is 6.01. The molecule has 4 rings (SSSR count). The molecule has 0 aliphatic rings. The van der Waals surface area contributed by atoms with Crippen LogP contribution in [-0.2, 0) is 0 Å². The maximum Gasteiger partial charge on any atom is 0.230 e. The summed E-state index contributed by atoms with van der Waals surface area (Å²) in [5.41, 5.74) is 3.49. The molecule has 0 unspecified atom stereocenters. The van der Waals surface area contributed by atoms with Gasteiger partial charge in [0.25, 0.3) is 0 Å². The fraction of sp³-hybridized carbons (Fsp3) is 0. The summed E-state index contributed by atoms with van der Waals surface area (Å²) in [6.07, 6.45) is 1.71. The molecule has 0 aliphatic heterocycles. The van der Waals surface area contributed by atoms with Crippen molar-refractivity contribution in [2.24, 2.45) is 0 Å². The topological polar surface area (TPSA) is 55.7 Å². The summed E-state index contributed by atoms with van der Waals surface area (Å²) in [4.78, 5) is 26.1. The van der Waals surface area contributed by atoms with Crippen LogP contribution in [0.2, 0.25) is 0 Å². The van der Waals surface area contributed by atoms with Crippen molar-refractivity contribution in [2.75, 3.05) is 0 Å². The van der Waals surface area contributed by atoms with Crippen LogP contribution in [0.15, 0.2) is 79.0 Å². The van der Waals surface area contributed by atoms with Crippen molar-refractivity contribution in [2.45, 2.75) is 0 Å². The minimum Gasteiger partial charge on any atom is -0.285 e. The first-order valence-electron chi connectivity index (χ1n) is 7.61. The maximum atomic E-state index is 12.7. The minimum absolute atomic E-state index is 0.181. The number of nitrogens with zero attached hydrogens (tertiary/aromatic N) is 3. The molecule has 0 radical (unpaired) electrons. The molecule has 2 heterocycles. The van der Waals surface area contributed by atoms with Gasteiger partial charge in [-0.1, -0.05) is 60.7 Å². The Hall–Kier alpha value is -3.40. The van der Waals surface area contributed by atoms with Crippen molar-refractivity contribution in [1.29, 1.82) is 0 Å². The van der Waals surface area contributed by atoms with Gasteiger partial charge in [-0.15, -0.1) is 0 Å². The van der Waals surface area contributed by atoms with Crippen LogP contribution in [0.25, 0.3) is 22.3 Å².